The molecule has 0 unspecified atom stereocenters. The van der Waals surface area contributed by atoms with Crippen molar-refractivity contribution in [2.75, 3.05) is 12.8 Å². The van der Waals surface area contributed by atoms with Gasteiger partial charge in [-0.15, -0.1) is 0 Å². The Bertz CT molecular complexity index is 310. The Morgan fingerprint density at radius 1 is 1.42 bits per heavy atom. The van der Waals surface area contributed by atoms with Crippen LogP contribution in [0.1, 0.15) is 10.4 Å². The number of benzene rings is 1. The van der Waals surface area contributed by atoms with E-state index in [1.54, 1.807) is 12.1 Å². The Labute approximate surface area is 70.1 Å². The Kier molecular flexibility index (Phi) is 2.19. The Morgan fingerprint density at radius 3 is 2.58 bits per heavy atom. The van der Waals surface area contributed by atoms with Crippen LogP contribution in [0.5, 0.6) is 5.75 Å². The first-order chi connectivity index (χ1) is 5.63. The first-order valence-electron chi connectivity index (χ1n) is 3.38. The highest BCUT2D eigenvalue weighted by molar-refractivity contribution is 5.94. The van der Waals surface area contributed by atoms with Gasteiger partial charge >= 0.3 is 0 Å². The summed E-state index contributed by atoms with van der Waals surface area (Å²) >= 11 is 0. The molecule has 0 bridgehead atoms. The molecule has 4 nitrogen and oxygen atoms in total. The smallest absolute Gasteiger partial charge is 0.248 e. The zero-order valence-corrected chi connectivity index (χ0v) is 6.70. The summed E-state index contributed by atoms with van der Waals surface area (Å²) in [6, 6.07) is 4.66. The van der Waals surface area contributed by atoms with Gasteiger partial charge in [0.25, 0.3) is 0 Å². The molecule has 0 saturated carbocycles. The number of nitrogens with two attached hydrogens (primary N) is 2. The molecule has 0 fully saturated rings. The van der Waals surface area contributed by atoms with Gasteiger partial charge in [0, 0.05) is 17.3 Å². The fourth-order valence-electron chi connectivity index (χ4n) is 0.882. The molecular weight excluding hydrogens is 156 g/mol. The SMILES string of the molecule is COc1cc(N)cc(C(N)=O)c1. The summed E-state index contributed by atoms with van der Waals surface area (Å²) in [6.45, 7) is 0. The molecule has 0 aliphatic rings. The quantitative estimate of drug-likeness (QED) is 0.623. The van der Waals surface area contributed by atoms with Gasteiger partial charge in [-0.1, -0.05) is 0 Å². The second kappa shape index (κ2) is 3.13. The van der Waals surface area contributed by atoms with Gasteiger partial charge in [0.2, 0.25) is 5.91 Å². The summed E-state index contributed by atoms with van der Waals surface area (Å²) in [6.07, 6.45) is 0. The van der Waals surface area contributed by atoms with Crippen LogP contribution in [-0.4, -0.2) is 13.0 Å². The topological polar surface area (TPSA) is 78.3 Å². The predicted octanol–water partition coefficient (Wildman–Crippen LogP) is 0.376. The van der Waals surface area contributed by atoms with E-state index in [0.717, 1.165) is 0 Å². The summed E-state index contributed by atoms with van der Waals surface area (Å²) in [5.74, 6) is 0.0180. The summed E-state index contributed by atoms with van der Waals surface area (Å²) < 4.78 is 4.90. The minimum absolute atomic E-state index is 0.354. The van der Waals surface area contributed by atoms with E-state index in [9.17, 15) is 4.79 Å². The number of nitrogen functional groups attached to an aromatic ring is 1. The van der Waals surface area contributed by atoms with Crippen LogP contribution in [-0.2, 0) is 0 Å². The summed E-state index contributed by atoms with van der Waals surface area (Å²) in [5.41, 5.74) is 11.4. The molecule has 0 radical (unpaired) electrons. The number of carbonyl (C=O) groups is 1. The van der Waals surface area contributed by atoms with Crippen LogP contribution in [0.25, 0.3) is 0 Å². The molecule has 0 heterocycles. The maximum absolute atomic E-state index is 10.7. The summed E-state index contributed by atoms with van der Waals surface area (Å²) in [4.78, 5) is 10.7. The predicted molar refractivity (Wildman–Crippen MR) is 45.9 cm³/mol. The Hall–Kier alpha value is -1.71. The second-order valence-electron chi connectivity index (χ2n) is 2.36. The van der Waals surface area contributed by atoms with E-state index in [1.165, 1.54) is 13.2 Å². The second-order valence-corrected chi connectivity index (χ2v) is 2.36. The average molecular weight is 166 g/mol. The van der Waals surface area contributed by atoms with Gasteiger partial charge in [-0.3, -0.25) is 4.79 Å². The van der Waals surface area contributed by atoms with Crippen LogP contribution >= 0.6 is 0 Å². The van der Waals surface area contributed by atoms with Crippen molar-refractivity contribution in [3.8, 4) is 5.75 Å². The van der Waals surface area contributed by atoms with Crippen molar-refractivity contribution in [2.45, 2.75) is 0 Å². The zero-order valence-electron chi connectivity index (χ0n) is 6.70. The van der Waals surface area contributed by atoms with Gasteiger partial charge in [-0.25, -0.2) is 0 Å². The van der Waals surface area contributed by atoms with Crippen molar-refractivity contribution in [1.82, 2.24) is 0 Å². The number of ether oxygens (including phenoxy) is 1. The number of hydrogen-bond donors (Lipinski definition) is 2. The largest absolute Gasteiger partial charge is 0.497 e. The molecule has 4 heteroatoms. The molecule has 0 aliphatic carbocycles. The number of anilines is 1. The van der Waals surface area contributed by atoms with Crippen LogP contribution in [0, 0.1) is 0 Å². The molecule has 1 aromatic rings. The number of rotatable bonds is 2. The summed E-state index contributed by atoms with van der Waals surface area (Å²) in [5, 5.41) is 0. The lowest BCUT2D eigenvalue weighted by atomic mass is 10.2. The lowest BCUT2D eigenvalue weighted by Crippen LogP contribution is -2.11. The van der Waals surface area contributed by atoms with E-state index >= 15 is 0 Å². The van der Waals surface area contributed by atoms with Crippen molar-refractivity contribution in [3.05, 3.63) is 23.8 Å². The normalized spacial score (nSPS) is 9.42. The van der Waals surface area contributed by atoms with Gasteiger partial charge in [-0.2, -0.15) is 0 Å². The van der Waals surface area contributed by atoms with Crippen LogP contribution in [0.2, 0.25) is 0 Å². The van der Waals surface area contributed by atoms with E-state index in [0.29, 0.717) is 17.0 Å². The zero-order chi connectivity index (χ0) is 9.14. The van der Waals surface area contributed by atoms with Crippen molar-refractivity contribution >= 4 is 11.6 Å². The highest BCUT2D eigenvalue weighted by atomic mass is 16.5. The van der Waals surface area contributed by atoms with Gasteiger partial charge < -0.3 is 16.2 Å². The monoisotopic (exact) mass is 166 g/mol. The maximum atomic E-state index is 10.7. The van der Waals surface area contributed by atoms with Gasteiger partial charge in [0.1, 0.15) is 5.75 Å². The van der Waals surface area contributed by atoms with E-state index in [2.05, 4.69) is 0 Å². The highest BCUT2D eigenvalue weighted by Gasteiger charge is 2.03. The fourth-order valence-corrected chi connectivity index (χ4v) is 0.882. The standard InChI is InChI=1S/C8H10N2O2/c1-12-7-3-5(8(10)11)2-6(9)4-7/h2-4H,9H2,1H3,(H2,10,11). The van der Waals surface area contributed by atoms with Crippen molar-refractivity contribution < 1.29 is 9.53 Å². The van der Waals surface area contributed by atoms with E-state index in [4.69, 9.17) is 16.2 Å². The van der Waals surface area contributed by atoms with Crippen molar-refractivity contribution in [1.29, 1.82) is 0 Å². The van der Waals surface area contributed by atoms with E-state index < -0.39 is 5.91 Å². The molecule has 12 heavy (non-hydrogen) atoms. The molecule has 0 saturated heterocycles. The minimum atomic E-state index is -0.513. The van der Waals surface area contributed by atoms with Crippen LogP contribution < -0.4 is 16.2 Å². The lowest BCUT2D eigenvalue weighted by Gasteiger charge is -2.03. The minimum Gasteiger partial charge on any atom is -0.497 e. The van der Waals surface area contributed by atoms with Crippen molar-refractivity contribution in [2.24, 2.45) is 5.73 Å². The molecule has 64 valence electrons. The number of amides is 1. The average Bonchev–Trinajstić information content (AvgIpc) is 2.03. The molecule has 1 rings (SSSR count). The fraction of sp³-hybridized carbons (Fsp3) is 0.125. The van der Waals surface area contributed by atoms with Gasteiger partial charge in [-0.05, 0) is 12.1 Å². The third-order valence-electron chi connectivity index (χ3n) is 1.45. The van der Waals surface area contributed by atoms with E-state index in [-0.39, 0.29) is 0 Å². The number of carbonyl (C=O) groups excluding carboxylic acids is 1. The van der Waals surface area contributed by atoms with Gasteiger partial charge in [0.15, 0.2) is 0 Å². The molecule has 1 aromatic carbocycles. The van der Waals surface area contributed by atoms with Crippen LogP contribution in [0.15, 0.2) is 18.2 Å². The molecule has 0 atom stereocenters. The number of methoxy groups -OCH3 is 1. The molecular formula is C8H10N2O2. The molecule has 1 amide bonds. The van der Waals surface area contributed by atoms with Crippen LogP contribution in [0.3, 0.4) is 0 Å². The molecule has 0 aliphatic heterocycles. The lowest BCUT2D eigenvalue weighted by molar-refractivity contribution is 0.1000. The van der Waals surface area contributed by atoms with Crippen molar-refractivity contribution in [3.63, 3.8) is 0 Å². The van der Waals surface area contributed by atoms with Crippen LogP contribution in [0.4, 0.5) is 5.69 Å². The third kappa shape index (κ3) is 1.66. The number of primary amides is 1. The maximum Gasteiger partial charge on any atom is 0.248 e. The van der Waals surface area contributed by atoms with E-state index in [1.807, 2.05) is 0 Å². The first-order valence-corrected chi connectivity index (χ1v) is 3.38. The van der Waals surface area contributed by atoms with Gasteiger partial charge in [0.05, 0.1) is 7.11 Å². The molecule has 4 N–H and O–H groups in total. The summed E-state index contributed by atoms with van der Waals surface area (Å²) in [7, 11) is 1.50. The number of hydrogen-bond acceptors (Lipinski definition) is 3. The highest BCUT2D eigenvalue weighted by Crippen LogP contribution is 2.17. The Morgan fingerprint density at radius 2 is 2.08 bits per heavy atom. The molecule has 0 spiro atoms. The third-order valence-corrected chi connectivity index (χ3v) is 1.45. The first kappa shape index (κ1) is 8.39. The molecule has 0 aromatic heterocycles. The Balaban J connectivity index is 3.15.